The Morgan fingerprint density at radius 3 is 2.15 bits per heavy atom. The minimum atomic E-state index is -0.150. The van der Waals surface area contributed by atoms with Gasteiger partial charge in [0.1, 0.15) is 0 Å². The van der Waals surface area contributed by atoms with E-state index >= 15 is 0 Å². The number of rotatable bonds is 3. The Morgan fingerprint density at radius 2 is 1.85 bits per heavy atom. The first-order valence-electron chi connectivity index (χ1n) is 2.66. The van der Waals surface area contributed by atoms with E-state index in [0.29, 0.717) is 0 Å². The monoisotopic (exact) mass is 339 g/mol. The van der Waals surface area contributed by atoms with Crippen LogP contribution in [0.5, 0.6) is 0 Å². The van der Waals surface area contributed by atoms with Gasteiger partial charge in [-0.15, -0.1) is 13.0 Å². The Labute approximate surface area is 128 Å². The SMILES string of the molecule is C#CCNC(=O)CC[NH-].O.O.[Y].[Y]. The molecule has 0 heterocycles. The number of amides is 1. The van der Waals surface area contributed by atoms with Gasteiger partial charge in [-0.25, -0.2) is 0 Å². The molecule has 13 heavy (non-hydrogen) atoms. The number of carbonyl (C=O) groups excluding carboxylic acids is 1. The second-order valence-electron chi connectivity index (χ2n) is 1.48. The molecule has 5 nitrogen and oxygen atoms in total. The van der Waals surface area contributed by atoms with Crippen molar-refractivity contribution in [1.29, 1.82) is 0 Å². The Hall–Kier alpha value is 1.12. The van der Waals surface area contributed by atoms with Crippen molar-refractivity contribution >= 4 is 5.91 Å². The van der Waals surface area contributed by atoms with Crippen LogP contribution in [-0.4, -0.2) is 29.9 Å². The largest absolute Gasteiger partial charge is 0.677 e. The molecule has 0 aromatic rings. The summed E-state index contributed by atoms with van der Waals surface area (Å²) < 4.78 is 0. The van der Waals surface area contributed by atoms with E-state index in [-0.39, 0.29) is 102 Å². The normalized spacial score (nSPS) is 5.54. The molecule has 0 saturated carbocycles. The predicted molar refractivity (Wildman–Crippen MR) is 42.9 cm³/mol. The number of hydrogen-bond acceptors (Lipinski definition) is 1. The molecule has 0 unspecified atom stereocenters. The van der Waals surface area contributed by atoms with Crippen LogP contribution < -0.4 is 5.32 Å². The number of carbonyl (C=O) groups is 1. The van der Waals surface area contributed by atoms with E-state index in [1.807, 2.05) is 0 Å². The van der Waals surface area contributed by atoms with Crippen molar-refractivity contribution in [3.63, 3.8) is 0 Å². The Kier molecular flexibility index (Phi) is 52.1. The van der Waals surface area contributed by atoms with Crippen LogP contribution in [0, 0.1) is 12.3 Å². The molecule has 0 aliphatic carbocycles. The van der Waals surface area contributed by atoms with Gasteiger partial charge in [0.05, 0.1) is 6.54 Å². The van der Waals surface area contributed by atoms with Crippen molar-refractivity contribution in [3.05, 3.63) is 5.73 Å². The molecule has 0 bridgehead atoms. The minimum absolute atomic E-state index is 0. The van der Waals surface area contributed by atoms with Gasteiger partial charge in [-0.3, -0.25) is 4.79 Å². The second-order valence-corrected chi connectivity index (χ2v) is 1.48. The summed E-state index contributed by atoms with van der Waals surface area (Å²) in [4.78, 5) is 10.5. The van der Waals surface area contributed by atoms with Crippen molar-refractivity contribution in [3.8, 4) is 12.3 Å². The van der Waals surface area contributed by atoms with Gasteiger partial charge >= 0.3 is 0 Å². The van der Waals surface area contributed by atoms with E-state index in [9.17, 15) is 4.79 Å². The van der Waals surface area contributed by atoms with Crippen LogP contribution in [0.15, 0.2) is 0 Å². The fourth-order valence-electron chi connectivity index (χ4n) is 0.352. The maximum Gasteiger partial charge on any atom is 0.219 e. The first kappa shape index (κ1) is 29.2. The molecule has 7 heteroatoms. The summed E-state index contributed by atoms with van der Waals surface area (Å²) in [5, 5.41) is 2.44. The van der Waals surface area contributed by atoms with Crippen LogP contribution in [0.2, 0.25) is 0 Å². The summed E-state index contributed by atoms with van der Waals surface area (Å²) in [7, 11) is 0. The van der Waals surface area contributed by atoms with Gasteiger partial charge in [0.2, 0.25) is 5.91 Å². The standard InChI is InChI=1S/C6H9N2O.2H2O.2Y/c1-2-5-8-6(9)3-4-7;;;;/h1,7H,3-5H2,(H,8,9);2*1H2;;/q-1;;;;. The molecule has 0 saturated heterocycles. The second kappa shape index (κ2) is 23.2. The summed E-state index contributed by atoms with van der Waals surface area (Å²) in [6.45, 7) is 0.384. The molecule has 0 aliphatic heterocycles. The Morgan fingerprint density at radius 1 is 1.38 bits per heavy atom. The smallest absolute Gasteiger partial charge is 0.219 e. The zero-order chi connectivity index (χ0) is 7.11. The maximum atomic E-state index is 10.5. The van der Waals surface area contributed by atoms with Crippen molar-refractivity contribution in [2.75, 3.05) is 13.1 Å². The summed E-state index contributed by atoms with van der Waals surface area (Å²) >= 11 is 0. The zero-order valence-electron chi connectivity index (χ0n) is 7.26. The molecule has 1 amide bonds. The van der Waals surface area contributed by atoms with Crippen molar-refractivity contribution in [2.24, 2.45) is 0 Å². The molecule has 0 aromatic carbocycles. The number of terminal acetylenes is 1. The quantitative estimate of drug-likeness (QED) is 0.621. The summed E-state index contributed by atoms with van der Waals surface area (Å²) in [5.41, 5.74) is 6.66. The van der Waals surface area contributed by atoms with Gasteiger partial charge in [-0.1, -0.05) is 5.92 Å². The van der Waals surface area contributed by atoms with Gasteiger partial charge in [-0.05, 0) is 0 Å². The first-order chi connectivity index (χ1) is 4.31. The van der Waals surface area contributed by atoms with E-state index in [2.05, 4.69) is 11.2 Å². The fourth-order valence-corrected chi connectivity index (χ4v) is 0.352. The van der Waals surface area contributed by atoms with Crippen molar-refractivity contribution in [1.82, 2.24) is 5.32 Å². The van der Waals surface area contributed by atoms with Gasteiger partial charge in [0, 0.05) is 71.8 Å². The average Bonchev–Trinajstić information content (AvgIpc) is 1.85. The fraction of sp³-hybridized carbons (Fsp3) is 0.500. The first-order valence-corrected chi connectivity index (χ1v) is 2.66. The Balaban J connectivity index is -0.0000000533. The molecule has 0 atom stereocenters. The average molecular weight is 339 g/mol. The molecule has 0 rings (SSSR count). The summed E-state index contributed by atoms with van der Waals surface area (Å²) in [5.74, 6) is 2.11. The van der Waals surface area contributed by atoms with Crippen LogP contribution in [0.4, 0.5) is 0 Å². The van der Waals surface area contributed by atoms with E-state index in [0.717, 1.165) is 0 Å². The van der Waals surface area contributed by atoms with Gasteiger partial charge < -0.3 is 22.0 Å². The third kappa shape index (κ3) is 24.6. The van der Waals surface area contributed by atoms with Crippen LogP contribution in [0.25, 0.3) is 5.73 Å². The van der Waals surface area contributed by atoms with E-state index < -0.39 is 0 Å². The van der Waals surface area contributed by atoms with Crippen LogP contribution in [0.1, 0.15) is 6.42 Å². The van der Waals surface area contributed by atoms with Crippen LogP contribution >= 0.6 is 0 Å². The molecule has 0 aliphatic rings. The van der Waals surface area contributed by atoms with Gasteiger partial charge in [0.15, 0.2) is 0 Å². The Bertz CT molecular complexity index is 138. The summed E-state index contributed by atoms with van der Waals surface area (Å²) in [6, 6.07) is 0. The van der Waals surface area contributed by atoms with E-state index in [1.54, 1.807) is 0 Å². The molecule has 72 valence electrons. The van der Waals surface area contributed by atoms with Crippen molar-refractivity contribution < 1.29 is 81.2 Å². The number of nitrogens with one attached hydrogen (secondary N) is 2. The third-order valence-electron chi connectivity index (χ3n) is 0.740. The predicted octanol–water partition coefficient (Wildman–Crippen LogP) is -1.48. The van der Waals surface area contributed by atoms with E-state index in [4.69, 9.17) is 12.2 Å². The molecule has 0 aromatic heterocycles. The van der Waals surface area contributed by atoms with Crippen molar-refractivity contribution in [2.45, 2.75) is 6.42 Å². The zero-order valence-corrected chi connectivity index (χ0v) is 12.9. The maximum absolute atomic E-state index is 10.5. The topological polar surface area (TPSA) is 116 Å². The third-order valence-corrected chi connectivity index (χ3v) is 0.740. The van der Waals surface area contributed by atoms with Crippen LogP contribution in [0.3, 0.4) is 0 Å². The molecular formula is C6H13N2O3Y2-. The summed E-state index contributed by atoms with van der Waals surface area (Å²) in [6.07, 6.45) is 5.10. The minimum Gasteiger partial charge on any atom is -0.677 e. The van der Waals surface area contributed by atoms with Gasteiger partial charge in [0.25, 0.3) is 0 Å². The van der Waals surface area contributed by atoms with Crippen LogP contribution in [-0.2, 0) is 70.2 Å². The molecule has 2 radical (unpaired) electrons. The molecule has 6 N–H and O–H groups in total. The molecule has 0 spiro atoms. The molecule has 0 fully saturated rings. The number of hydrogen-bond donors (Lipinski definition) is 1. The molecular weight excluding hydrogens is 326 g/mol. The van der Waals surface area contributed by atoms with Gasteiger partial charge in [-0.2, -0.15) is 0 Å². The van der Waals surface area contributed by atoms with E-state index in [1.165, 1.54) is 0 Å².